The van der Waals surface area contributed by atoms with Crippen molar-refractivity contribution in [3.8, 4) is 11.6 Å². The van der Waals surface area contributed by atoms with Crippen molar-refractivity contribution in [2.24, 2.45) is 0 Å². The molecule has 0 bridgehead atoms. The summed E-state index contributed by atoms with van der Waals surface area (Å²) in [6.45, 7) is 4.51. The predicted molar refractivity (Wildman–Crippen MR) is 98.3 cm³/mol. The molecule has 0 spiro atoms. The summed E-state index contributed by atoms with van der Waals surface area (Å²) >= 11 is 0. The van der Waals surface area contributed by atoms with Crippen molar-refractivity contribution in [2.75, 3.05) is 51.2 Å². The van der Waals surface area contributed by atoms with E-state index in [1.54, 1.807) is 14.2 Å². The fourth-order valence-electron chi connectivity index (χ4n) is 2.34. The van der Waals surface area contributed by atoms with E-state index < -0.39 is 0 Å². The lowest BCUT2D eigenvalue weighted by Crippen LogP contribution is -2.32. The minimum Gasteiger partial charge on any atom is -0.437 e. The number of aromatic nitrogens is 2. The molecule has 0 radical (unpaired) electrons. The van der Waals surface area contributed by atoms with Gasteiger partial charge in [-0.05, 0) is 24.1 Å². The van der Waals surface area contributed by atoms with Gasteiger partial charge in [0, 0.05) is 27.3 Å². The van der Waals surface area contributed by atoms with Crippen molar-refractivity contribution in [1.29, 1.82) is 0 Å². The largest absolute Gasteiger partial charge is 0.437 e. The minimum absolute atomic E-state index is 0.342. The molecule has 0 aliphatic rings. The Bertz CT molecular complexity index is 641. The van der Waals surface area contributed by atoms with Gasteiger partial charge in [0.25, 0.3) is 0 Å². The lowest BCUT2D eigenvalue weighted by Gasteiger charge is -2.24. The van der Waals surface area contributed by atoms with Crippen LogP contribution in [0.2, 0.25) is 0 Å². The van der Waals surface area contributed by atoms with Gasteiger partial charge in [0.2, 0.25) is 5.88 Å². The molecule has 25 heavy (non-hydrogen) atoms. The SMILES string of the molecule is CCc1ccc(Oc2ncnc(N(CCOC)CCOC)c2N)cc1. The van der Waals surface area contributed by atoms with Crippen molar-refractivity contribution in [2.45, 2.75) is 13.3 Å². The number of ether oxygens (including phenoxy) is 3. The standard InChI is InChI=1S/C18H26N4O3/c1-4-14-5-7-15(8-6-14)25-18-16(19)17(20-13-21-18)22(9-11-23-2)10-12-24-3/h5-8,13H,4,9-12,19H2,1-3H3. The van der Waals surface area contributed by atoms with Crippen molar-refractivity contribution in [1.82, 2.24) is 9.97 Å². The van der Waals surface area contributed by atoms with Gasteiger partial charge in [0.15, 0.2) is 5.82 Å². The third-order valence-corrected chi connectivity index (χ3v) is 3.80. The third-order valence-electron chi connectivity index (χ3n) is 3.80. The van der Waals surface area contributed by atoms with Crippen LogP contribution < -0.4 is 15.4 Å². The van der Waals surface area contributed by atoms with Crippen molar-refractivity contribution in [3.63, 3.8) is 0 Å². The number of benzene rings is 1. The maximum absolute atomic E-state index is 6.26. The average Bonchev–Trinajstić information content (AvgIpc) is 2.65. The normalized spacial score (nSPS) is 10.7. The van der Waals surface area contributed by atoms with E-state index in [4.69, 9.17) is 19.9 Å². The van der Waals surface area contributed by atoms with Crippen LogP contribution in [0.3, 0.4) is 0 Å². The van der Waals surface area contributed by atoms with E-state index in [0.717, 1.165) is 6.42 Å². The number of hydrogen-bond acceptors (Lipinski definition) is 7. The zero-order valence-electron chi connectivity index (χ0n) is 15.1. The number of rotatable bonds is 10. The molecule has 0 saturated carbocycles. The molecule has 1 aromatic heterocycles. The quantitative estimate of drug-likeness (QED) is 0.708. The first-order chi connectivity index (χ1) is 12.2. The summed E-state index contributed by atoms with van der Waals surface area (Å²) in [6.07, 6.45) is 2.43. The van der Waals surface area contributed by atoms with E-state index in [0.29, 0.717) is 49.4 Å². The fourth-order valence-corrected chi connectivity index (χ4v) is 2.34. The number of nitrogens with two attached hydrogens (primary N) is 1. The number of nitrogens with zero attached hydrogens (tertiary/aromatic N) is 3. The van der Waals surface area contributed by atoms with Crippen LogP contribution in [0.25, 0.3) is 0 Å². The van der Waals surface area contributed by atoms with Crippen LogP contribution in [-0.2, 0) is 15.9 Å². The molecule has 2 aromatic rings. The van der Waals surface area contributed by atoms with E-state index in [9.17, 15) is 0 Å². The van der Waals surface area contributed by atoms with Crippen LogP contribution in [0.5, 0.6) is 11.6 Å². The highest BCUT2D eigenvalue weighted by atomic mass is 16.5. The molecular formula is C18H26N4O3. The van der Waals surface area contributed by atoms with E-state index >= 15 is 0 Å². The second-order valence-electron chi connectivity index (χ2n) is 5.49. The van der Waals surface area contributed by atoms with Crippen LogP contribution in [0.15, 0.2) is 30.6 Å². The molecule has 136 valence electrons. The minimum atomic E-state index is 0.342. The van der Waals surface area contributed by atoms with E-state index in [-0.39, 0.29) is 0 Å². The van der Waals surface area contributed by atoms with Gasteiger partial charge < -0.3 is 24.8 Å². The van der Waals surface area contributed by atoms with Crippen LogP contribution in [0.1, 0.15) is 12.5 Å². The Labute approximate surface area is 148 Å². The van der Waals surface area contributed by atoms with Gasteiger partial charge in [-0.1, -0.05) is 19.1 Å². The molecule has 7 heteroatoms. The Morgan fingerprint density at radius 1 is 1.00 bits per heavy atom. The molecule has 1 aromatic carbocycles. The Hall–Kier alpha value is -2.38. The van der Waals surface area contributed by atoms with Gasteiger partial charge in [-0.2, -0.15) is 4.98 Å². The molecule has 0 saturated heterocycles. The van der Waals surface area contributed by atoms with Gasteiger partial charge >= 0.3 is 0 Å². The lowest BCUT2D eigenvalue weighted by atomic mass is 10.2. The number of hydrogen-bond donors (Lipinski definition) is 1. The summed E-state index contributed by atoms with van der Waals surface area (Å²) in [6, 6.07) is 7.87. The van der Waals surface area contributed by atoms with Gasteiger partial charge in [0.1, 0.15) is 17.8 Å². The fraction of sp³-hybridized carbons (Fsp3) is 0.444. The summed E-state index contributed by atoms with van der Waals surface area (Å²) in [5, 5.41) is 0. The smallest absolute Gasteiger partial charge is 0.248 e. The highest BCUT2D eigenvalue weighted by Gasteiger charge is 2.16. The van der Waals surface area contributed by atoms with E-state index in [2.05, 4.69) is 16.9 Å². The number of anilines is 2. The molecule has 0 aliphatic carbocycles. The van der Waals surface area contributed by atoms with E-state index in [1.807, 2.05) is 29.2 Å². The Morgan fingerprint density at radius 3 is 2.20 bits per heavy atom. The lowest BCUT2D eigenvalue weighted by molar-refractivity contribution is 0.190. The van der Waals surface area contributed by atoms with Gasteiger partial charge in [0.05, 0.1) is 13.2 Å². The number of aryl methyl sites for hydroxylation is 1. The first kappa shape index (κ1) is 19.0. The summed E-state index contributed by atoms with van der Waals surface area (Å²) in [5.41, 5.74) is 7.90. The third kappa shape index (κ3) is 5.30. The topological polar surface area (TPSA) is 82.7 Å². The average molecular weight is 346 g/mol. The molecule has 1 heterocycles. The summed E-state index contributed by atoms with van der Waals surface area (Å²) < 4.78 is 16.2. The zero-order chi connectivity index (χ0) is 18.1. The molecule has 7 nitrogen and oxygen atoms in total. The Kier molecular flexibility index (Phi) is 7.43. The first-order valence-corrected chi connectivity index (χ1v) is 8.29. The van der Waals surface area contributed by atoms with Crippen molar-refractivity contribution in [3.05, 3.63) is 36.2 Å². The maximum atomic E-state index is 6.26. The molecule has 2 N–H and O–H groups in total. The second kappa shape index (κ2) is 9.80. The molecule has 0 aliphatic heterocycles. The molecule has 0 fully saturated rings. The summed E-state index contributed by atoms with van der Waals surface area (Å²) in [7, 11) is 3.32. The van der Waals surface area contributed by atoms with Crippen LogP contribution in [0.4, 0.5) is 11.5 Å². The van der Waals surface area contributed by atoms with Gasteiger partial charge in [-0.3, -0.25) is 0 Å². The van der Waals surface area contributed by atoms with Gasteiger partial charge in [-0.15, -0.1) is 0 Å². The van der Waals surface area contributed by atoms with Crippen molar-refractivity contribution >= 4 is 11.5 Å². The Morgan fingerprint density at radius 2 is 1.64 bits per heavy atom. The van der Waals surface area contributed by atoms with E-state index in [1.165, 1.54) is 11.9 Å². The number of methoxy groups -OCH3 is 2. The first-order valence-electron chi connectivity index (χ1n) is 8.29. The summed E-state index contributed by atoms with van der Waals surface area (Å²) in [4.78, 5) is 10.5. The highest BCUT2D eigenvalue weighted by Crippen LogP contribution is 2.31. The molecular weight excluding hydrogens is 320 g/mol. The van der Waals surface area contributed by atoms with Gasteiger partial charge in [-0.25, -0.2) is 4.98 Å². The molecule has 0 unspecified atom stereocenters. The zero-order valence-corrected chi connectivity index (χ0v) is 15.1. The second-order valence-corrected chi connectivity index (χ2v) is 5.49. The highest BCUT2D eigenvalue weighted by molar-refractivity contribution is 5.68. The van der Waals surface area contributed by atoms with Crippen molar-refractivity contribution < 1.29 is 14.2 Å². The van der Waals surface area contributed by atoms with Crippen LogP contribution >= 0.6 is 0 Å². The monoisotopic (exact) mass is 346 g/mol. The maximum Gasteiger partial charge on any atom is 0.248 e. The number of nitrogen functional groups attached to an aromatic ring is 1. The Balaban J connectivity index is 2.20. The molecule has 0 amide bonds. The molecule has 0 atom stereocenters. The van der Waals surface area contributed by atoms with Crippen LogP contribution in [0, 0.1) is 0 Å². The van der Waals surface area contributed by atoms with Crippen LogP contribution in [-0.4, -0.2) is 50.5 Å². The predicted octanol–water partition coefficient (Wildman–Crippen LogP) is 2.51. The summed E-state index contributed by atoms with van der Waals surface area (Å²) in [5.74, 6) is 1.65. The molecule has 2 rings (SSSR count).